The number of hydrogen-bond acceptors (Lipinski definition) is 7. The molecule has 0 aliphatic heterocycles. The van der Waals surface area contributed by atoms with Crippen molar-refractivity contribution in [3.05, 3.63) is 77.2 Å². The zero-order chi connectivity index (χ0) is 26.4. The van der Waals surface area contributed by atoms with Gasteiger partial charge in [-0.2, -0.15) is 0 Å². The van der Waals surface area contributed by atoms with E-state index in [0.717, 1.165) is 10.8 Å². The van der Waals surface area contributed by atoms with E-state index in [1.165, 1.54) is 14.2 Å². The molecule has 9 heteroatoms. The first kappa shape index (κ1) is 23.4. The molecule has 6 aromatic rings. The minimum atomic E-state index is -0.297. The average Bonchev–Trinajstić information content (AvgIpc) is 3.29. The molecule has 0 fully saturated rings. The van der Waals surface area contributed by atoms with Crippen LogP contribution in [0.4, 0.5) is 5.69 Å². The van der Waals surface area contributed by atoms with Crippen molar-refractivity contribution in [1.29, 1.82) is 0 Å². The summed E-state index contributed by atoms with van der Waals surface area (Å²) in [6.45, 7) is -0.176. The smallest absolute Gasteiger partial charge is 0.267 e. The molecule has 0 saturated carbocycles. The molecule has 0 saturated heterocycles. The first-order valence-corrected chi connectivity index (χ1v) is 11.8. The standard InChI is InChI=1S/C29H23N3O6/c1-35-17-6-4-16(5-7-17)31-24(33)15-38-18-8-10-22-21(14-18)19-12-13-30-26-20-9-11-23(36-2)28(37-3)25(20)29(34)32(22)27(19)26/h4-14H,15H2,1-3H3,(H,31,33). The van der Waals surface area contributed by atoms with E-state index in [0.29, 0.717) is 56.0 Å². The van der Waals surface area contributed by atoms with Crippen LogP contribution < -0.4 is 29.8 Å². The number of methoxy groups -OCH3 is 3. The molecule has 0 aliphatic rings. The van der Waals surface area contributed by atoms with Gasteiger partial charge < -0.3 is 24.3 Å². The van der Waals surface area contributed by atoms with Gasteiger partial charge in [0, 0.05) is 28.0 Å². The quantitative estimate of drug-likeness (QED) is 0.313. The van der Waals surface area contributed by atoms with E-state index in [4.69, 9.17) is 18.9 Å². The van der Waals surface area contributed by atoms with Gasteiger partial charge in [0.05, 0.1) is 43.3 Å². The fourth-order valence-electron chi connectivity index (χ4n) is 4.91. The minimum absolute atomic E-state index is 0.176. The van der Waals surface area contributed by atoms with E-state index in [9.17, 15) is 9.59 Å². The fraction of sp³-hybridized carbons (Fsp3) is 0.138. The number of rotatable bonds is 7. The number of aromatic nitrogens is 2. The Balaban J connectivity index is 1.41. The molecule has 3 aromatic carbocycles. The lowest BCUT2D eigenvalue weighted by Gasteiger charge is -2.12. The Morgan fingerprint density at radius 2 is 1.66 bits per heavy atom. The number of benzene rings is 3. The minimum Gasteiger partial charge on any atom is -0.497 e. The van der Waals surface area contributed by atoms with Crippen LogP contribution in [0.15, 0.2) is 71.7 Å². The predicted molar refractivity (Wildman–Crippen MR) is 145 cm³/mol. The van der Waals surface area contributed by atoms with Gasteiger partial charge in [0.15, 0.2) is 18.1 Å². The van der Waals surface area contributed by atoms with E-state index in [2.05, 4.69) is 10.3 Å². The molecule has 9 nitrogen and oxygen atoms in total. The molecule has 0 radical (unpaired) electrons. The SMILES string of the molecule is COc1ccc(NC(=O)COc2ccc3c(c2)c2ccnc4c5ccc(OC)c(OC)c5c(=O)n3c24)cc1. The van der Waals surface area contributed by atoms with Crippen LogP contribution in [0.1, 0.15) is 0 Å². The van der Waals surface area contributed by atoms with Crippen LogP contribution >= 0.6 is 0 Å². The van der Waals surface area contributed by atoms with Crippen molar-refractivity contribution >= 4 is 49.7 Å². The Morgan fingerprint density at radius 3 is 2.39 bits per heavy atom. The summed E-state index contributed by atoms with van der Waals surface area (Å²) in [6, 6.07) is 17.9. The number of pyridine rings is 2. The number of nitrogens with one attached hydrogen (secondary N) is 1. The Bertz CT molecular complexity index is 1900. The molecule has 0 bridgehead atoms. The van der Waals surface area contributed by atoms with Gasteiger partial charge >= 0.3 is 0 Å². The monoisotopic (exact) mass is 509 g/mol. The zero-order valence-electron chi connectivity index (χ0n) is 20.9. The predicted octanol–water partition coefficient (Wildman–Crippen LogP) is 4.64. The maximum atomic E-state index is 13.8. The van der Waals surface area contributed by atoms with Gasteiger partial charge in [-0.1, -0.05) is 0 Å². The second-order valence-corrected chi connectivity index (χ2v) is 8.66. The lowest BCUT2D eigenvalue weighted by Crippen LogP contribution is -2.20. The Kier molecular flexibility index (Phi) is 5.60. The average molecular weight is 510 g/mol. The van der Waals surface area contributed by atoms with Crippen LogP contribution in [0.3, 0.4) is 0 Å². The number of carbonyl (C=O) groups excluding carboxylic acids is 1. The zero-order valence-corrected chi connectivity index (χ0v) is 20.9. The van der Waals surface area contributed by atoms with E-state index in [1.54, 1.807) is 54.1 Å². The first-order chi connectivity index (χ1) is 18.5. The third kappa shape index (κ3) is 3.59. The molecule has 0 spiro atoms. The van der Waals surface area contributed by atoms with Gasteiger partial charge in [0.2, 0.25) is 0 Å². The number of ether oxygens (including phenoxy) is 4. The first-order valence-electron chi connectivity index (χ1n) is 11.8. The van der Waals surface area contributed by atoms with Crippen molar-refractivity contribution in [3.63, 3.8) is 0 Å². The molecule has 1 N–H and O–H groups in total. The van der Waals surface area contributed by atoms with Crippen molar-refractivity contribution in [2.45, 2.75) is 0 Å². The summed E-state index contributed by atoms with van der Waals surface area (Å²) in [4.78, 5) is 30.9. The highest BCUT2D eigenvalue weighted by Gasteiger charge is 2.22. The second kappa shape index (κ2) is 9.11. The van der Waals surface area contributed by atoms with Crippen molar-refractivity contribution < 1.29 is 23.7 Å². The van der Waals surface area contributed by atoms with Crippen molar-refractivity contribution in [2.24, 2.45) is 0 Å². The lowest BCUT2D eigenvalue weighted by molar-refractivity contribution is -0.118. The van der Waals surface area contributed by atoms with E-state index in [-0.39, 0.29) is 18.1 Å². The number of anilines is 1. The second-order valence-electron chi connectivity index (χ2n) is 8.66. The molecule has 190 valence electrons. The Morgan fingerprint density at radius 1 is 0.868 bits per heavy atom. The van der Waals surface area contributed by atoms with Crippen LogP contribution in [0.5, 0.6) is 23.0 Å². The van der Waals surface area contributed by atoms with Gasteiger partial charge in [-0.15, -0.1) is 0 Å². The molecule has 6 rings (SSSR count). The molecule has 38 heavy (non-hydrogen) atoms. The number of carbonyl (C=O) groups is 1. The van der Waals surface area contributed by atoms with Crippen molar-refractivity contribution in [3.8, 4) is 23.0 Å². The normalized spacial score (nSPS) is 11.3. The van der Waals surface area contributed by atoms with Gasteiger partial charge in [-0.05, 0) is 60.7 Å². The lowest BCUT2D eigenvalue weighted by atomic mass is 10.1. The summed E-state index contributed by atoms with van der Waals surface area (Å²) < 4.78 is 23.6. The van der Waals surface area contributed by atoms with Crippen LogP contribution in [-0.2, 0) is 4.79 Å². The van der Waals surface area contributed by atoms with Crippen LogP contribution in [0.25, 0.3) is 38.1 Å². The van der Waals surface area contributed by atoms with Crippen LogP contribution in [0, 0.1) is 0 Å². The molecule has 1 amide bonds. The van der Waals surface area contributed by atoms with E-state index < -0.39 is 0 Å². The molecule has 0 aliphatic carbocycles. The molecule has 0 atom stereocenters. The van der Waals surface area contributed by atoms with E-state index in [1.807, 2.05) is 24.3 Å². The molecular formula is C29H23N3O6. The largest absolute Gasteiger partial charge is 0.497 e. The summed E-state index contributed by atoms with van der Waals surface area (Å²) in [7, 11) is 4.63. The third-order valence-electron chi connectivity index (χ3n) is 6.61. The molecule has 3 heterocycles. The summed E-state index contributed by atoms with van der Waals surface area (Å²) in [5, 5.41) is 5.54. The van der Waals surface area contributed by atoms with Crippen molar-refractivity contribution in [2.75, 3.05) is 33.3 Å². The number of hydrogen-bond donors (Lipinski definition) is 1. The summed E-state index contributed by atoms with van der Waals surface area (Å²) in [5.74, 6) is 1.74. The number of fused-ring (bicyclic) bond motifs is 5. The topological polar surface area (TPSA) is 100 Å². The molecule has 3 aromatic heterocycles. The third-order valence-corrected chi connectivity index (χ3v) is 6.61. The highest BCUT2D eigenvalue weighted by atomic mass is 16.5. The van der Waals surface area contributed by atoms with Gasteiger partial charge in [-0.3, -0.25) is 19.0 Å². The maximum Gasteiger partial charge on any atom is 0.267 e. The number of amides is 1. The van der Waals surface area contributed by atoms with Crippen LogP contribution in [0.2, 0.25) is 0 Å². The fourth-order valence-corrected chi connectivity index (χ4v) is 4.91. The molecule has 0 unspecified atom stereocenters. The summed E-state index contributed by atoms with van der Waals surface area (Å²) >= 11 is 0. The summed E-state index contributed by atoms with van der Waals surface area (Å²) in [6.07, 6.45) is 1.72. The Labute approximate surface area is 216 Å². The van der Waals surface area contributed by atoms with Gasteiger partial charge in [-0.25, -0.2) is 0 Å². The maximum absolute atomic E-state index is 13.8. The highest BCUT2D eigenvalue weighted by Crippen LogP contribution is 2.39. The highest BCUT2D eigenvalue weighted by molar-refractivity contribution is 6.19. The Hall–Kier alpha value is -5.05. The summed E-state index contributed by atoms with van der Waals surface area (Å²) in [5.41, 5.74) is 2.49. The number of nitrogens with zero attached hydrogens (tertiary/aromatic N) is 2. The van der Waals surface area contributed by atoms with Gasteiger partial charge in [0.25, 0.3) is 11.5 Å². The van der Waals surface area contributed by atoms with E-state index >= 15 is 0 Å². The van der Waals surface area contributed by atoms with Crippen molar-refractivity contribution in [1.82, 2.24) is 9.38 Å². The van der Waals surface area contributed by atoms with Crippen LogP contribution in [-0.4, -0.2) is 43.2 Å². The molecular weight excluding hydrogens is 486 g/mol. The van der Waals surface area contributed by atoms with Gasteiger partial charge in [0.1, 0.15) is 11.5 Å².